The van der Waals surface area contributed by atoms with Crippen molar-refractivity contribution in [2.75, 3.05) is 20.2 Å². The third kappa shape index (κ3) is 2.71. The molecule has 98 valence electrons. The summed E-state index contributed by atoms with van der Waals surface area (Å²) in [6, 6.07) is 5.59. The minimum absolute atomic E-state index is 0.0560. The third-order valence-corrected chi connectivity index (χ3v) is 3.20. The van der Waals surface area contributed by atoms with E-state index in [0.29, 0.717) is 5.56 Å². The highest BCUT2D eigenvalue weighted by molar-refractivity contribution is 5.89. The number of methoxy groups -OCH3 is 1. The van der Waals surface area contributed by atoms with Gasteiger partial charge in [-0.25, -0.2) is 4.79 Å². The number of nitrogens with one attached hydrogen (secondary N) is 1. The fourth-order valence-electron chi connectivity index (χ4n) is 2.26. The molecule has 4 nitrogen and oxygen atoms in total. The van der Waals surface area contributed by atoms with Crippen molar-refractivity contribution in [2.45, 2.75) is 26.1 Å². The molecule has 1 aromatic carbocycles. The third-order valence-electron chi connectivity index (χ3n) is 3.20. The van der Waals surface area contributed by atoms with Crippen molar-refractivity contribution in [1.29, 1.82) is 0 Å². The number of hydrogen-bond acceptors (Lipinski definition) is 4. The minimum Gasteiger partial charge on any atom is -0.465 e. The Bertz CT molecular complexity index is 445. The molecule has 1 heterocycles. The van der Waals surface area contributed by atoms with Crippen LogP contribution in [0.5, 0.6) is 0 Å². The largest absolute Gasteiger partial charge is 0.465 e. The van der Waals surface area contributed by atoms with Crippen LogP contribution in [0.25, 0.3) is 0 Å². The molecule has 4 heteroatoms. The summed E-state index contributed by atoms with van der Waals surface area (Å²) in [6.07, 6.45) is 0.267. The van der Waals surface area contributed by atoms with E-state index < -0.39 is 0 Å². The predicted octanol–water partition coefficient (Wildman–Crippen LogP) is 1.83. The number of rotatable bonds is 2. The lowest BCUT2D eigenvalue weighted by Crippen LogP contribution is -2.39. The molecule has 1 aromatic rings. The molecule has 0 bridgehead atoms. The maximum atomic E-state index is 11.4. The van der Waals surface area contributed by atoms with Crippen LogP contribution in [0.1, 0.15) is 34.5 Å². The van der Waals surface area contributed by atoms with Crippen molar-refractivity contribution in [2.24, 2.45) is 0 Å². The van der Waals surface area contributed by atoms with Gasteiger partial charge in [-0.15, -0.1) is 0 Å². The quantitative estimate of drug-likeness (QED) is 0.812. The van der Waals surface area contributed by atoms with Gasteiger partial charge in [0.2, 0.25) is 0 Å². The van der Waals surface area contributed by atoms with Gasteiger partial charge < -0.3 is 14.8 Å². The predicted molar refractivity (Wildman–Crippen MR) is 68.7 cm³/mol. The summed E-state index contributed by atoms with van der Waals surface area (Å²) < 4.78 is 10.6. The van der Waals surface area contributed by atoms with Crippen LogP contribution in [0, 0.1) is 6.92 Å². The zero-order valence-corrected chi connectivity index (χ0v) is 11.0. The second-order valence-corrected chi connectivity index (χ2v) is 4.66. The molecule has 0 saturated carbocycles. The first kappa shape index (κ1) is 13.1. The van der Waals surface area contributed by atoms with Crippen molar-refractivity contribution >= 4 is 5.97 Å². The van der Waals surface area contributed by atoms with E-state index in [1.54, 1.807) is 6.07 Å². The molecule has 2 rings (SSSR count). The molecule has 0 spiro atoms. The molecule has 0 aromatic heterocycles. The maximum Gasteiger partial charge on any atom is 0.337 e. The summed E-state index contributed by atoms with van der Waals surface area (Å²) in [6.45, 7) is 5.74. The zero-order valence-electron chi connectivity index (χ0n) is 11.0. The lowest BCUT2D eigenvalue weighted by Gasteiger charge is -2.30. The van der Waals surface area contributed by atoms with E-state index in [-0.39, 0.29) is 18.2 Å². The topological polar surface area (TPSA) is 47.6 Å². The Labute approximate surface area is 107 Å². The Kier molecular flexibility index (Phi) is 3.99. The van der Waals surface area contributed by atoms with Gasteiger partial charge in [-0.3, -0.25) is 0 Å². The summed E-state index contributed by atoms with van der Waals surface area (Å²) in [4.78, 5) is 11.4. The molecule has 1 aliphatic heterocycles. The van der Waals surface area contributed by atoms with Gasteiger partial charge in [-0.1, -0.05) is 6.07 Å². The van der Waals surface area contributed by atoms with Gasteiger partial charge in [0.25, 0.3) is 0 Å². The van der Waals surface area contributed by atoms with E-state index >= 15 is 0 Å². The van der Waals surface area contributed by atoms with Gasteiger partial charge in [0, 0.05) is 13.1 Å². The van der Waals surface area contributed by atoms with E-state index in [1.165, 1.54) is 7.11 Å². The molecular weight excluding hydrogens is 230 g/mol. The van der Waals surface area contributed by atoms with E-state index in [2.05, 4.69) is 12.2 Å². The van der Waals surface area contributed by atoms with Crippen LogP contribution in [-0.2, 0) is 9.47 Å². The number of ether oxygens (including phenoxy) is 2. The first-order chi connectivity index (χ1) is 8.61. The highest BCUT2D eigenvalue weighted by atomic mass is 16.5. The second-order valence-electron chi connectivity index (χ2n) is 4.66. The molecule has 1 fully saturated rings. The van der Waals surface area contributed by atoms with E-state index in [1.807, 2.05) is 19.1 Å². The average Bonchev–Trinajstić information content (AvgIpc) is 2.37. The monoisotopic (exact) mass is 249 g/mol. The van der Waals surface area contributed by atoms with Crippen LogP contribution in [0.4, 0.5) is 0 Å². The van der Waals surface area contributed by atoms with E-state index in [0.717, 1.165) is 24.2 Å². The number of esters is 1. The minimum atomic E-state index is -0.305. The number of carbonyl (C=O) groups is 1. The van der Waals surface area contributed by atoms with Crippen molar-refractivity contribution in [1.82, 2.24) is 5.32 Å². The number of aryl methyl sites for hydroxylation is 1. The summed E-state index contributed by atoms with van der Waals surface area (Å²) in [5.74, 6) is -0.305. The molecule has 18 heavy (non-hydrogen) atoms. The smallest absolute Gasteiger partial charge is 0.337 e. The van der Waals surface area contributed by atoms with Crippen molar-refractivity contribution < 1.29 is 14.3 Å². The number of benzene rings is 1. The summed E-state index contributed by atoms with van der Waals surface area (Å²) >= 11 is 0. The van der Waals surface area contributed by atoms with E-state index in [4.69, 9.17) is 9.47 Å². The molecule has 2 atom stereocenters. The molecular formula is C14H19NO3. The van der Waals surface area contributed by atoms with Crippen LogP contribution in [0.15, 0.2) is 18.2 Å². The second kappa shape index (κ2) is 5.50. The average molecular weight is 249 g/mol. The van der Waals surface area contributed by atoms with Gasteiger partial charge in [-0.2, -0.15) is 0 Å². The van der Waals surface area contributed by atoms with Gasteiger partial charge in [0.15, 0.2) is 0 Å². The lowest BCUT2D eigenvalue weighted by atomic mass is 9.99. The van der Waals surface area contributed by atoms with Crippen molar-refractivity contribution in [3.05, 3.63) is 34.9 Å². The Morgan fingerprint density at radius 2 is 2.22 bits per heavy atom. The molecule has 1 N–H and O–H groups in total. The maximum absolute atomic E-state index is 11.4. The van der Waals surface area contributed by atoms with Gasteiger partial charge >= 0.3 is 5.97 Å². The fourth-order valence-corrected chi connectivity index (χ4v) is 2.26. The lowest BCUT2D eigenvalue weighted by molar-refractivity contribution is -0.0290. The summed E-state index contributed by atoms with van der Waals surface area (Å²) in [5.41, 5.74) is 2.76. The normalized spacial score (nSPS) is 23.7. The van der Waals surface area contributed by atoms with Gasteiger partial charge in [0.05, 0.1) is 24.9 Å². The van der Waals surface area contributed by atoms with Crippen molar-refractivity contribution in [3.8, 4) is 0 Å². The highest BCUT2D eigenvalue weighted by Gasteiger charge is 2.22. The van der Waals surface area contributed by atoms with Crippen LogP contribution in [0.2, 0.25) is 0 Å². The first-order valence-electron chi connectivity index (χ1n) is 6.17. The number of carbonyl (C=O) groups excluding carboxylic acids is 1. The molecule has 0 unspecified atom stereocenters. The van der Waals surface area contributed by atoms with Crippen LogP contribution < -0.4 is 5.32 Å². The van der Waals surface area contributed by atoms with Crippen LogP contribution in [0.3, 0.4) is 0 Å². The fraction of sp³-hybridized carbons (Fsp3) is 0.500. The van der Waals surface area contributed by atoms with Crippen LogP contribution in [-0.4, -0.2) is 32.3 Å². The Morgan fingerprint density at radius 1 is 1.44 bits per heavy atom. The van der Waals surface area contributed by atoms with Crippen molar-refractivity contribution in [3.63, 3.8) is 0 Å². The molecule has 0 radical (unpaired) electrons. The van der Waals surface area contributed by atoms with Gasteiger partial charge in [-0.05, 0) is 37.1 Å². The highest BCUT2D eigenvalue weighted by Crippen LogP contribution is 2.25. The standard InChI is InChI=1S/C14H19NO3/c1-9-6-11(14(16)17-3)4-5-12(9)13-8-15-7-10(2)18-13/h4-6,10,13,15H,7-8H2,1-3H3/t10-,13+/m0/s1. The Hall–Kier alpha value is -1.39. The Morgan fingerprint density at radius 3 is 2.83 bits per heavy atom. The van der Waals surface area contributed by atoms with Gasteiger partial charge in [0.1, 0.15) is 0 Å². The number of morpholine rings is 1. The van der Waals surface area contributed by atoms with E-state index in [9.17, 15) is 4.79 Å². The molecule has 1 aliphatic rings. The summed E-state index contributed by atoms with van der Waals surface area (Å²) in [7, 11) is 1.39. The molecule has 0 aliphatic carbocycles. The first-order valence-corrected chi connectivity index (χ1v) is 6.17. The van der Waals surface area contributed by atoms with Crippen LogP contribution >= 0.6 is 0 Å². The molecule has 1 saturated heterocycles. The zero-order chi connectivity index (χ0) is 13.1. The summed E-state index contributed by atoms with van der Waals surface area (Å²) in [5, 5.41) is 3.34. The molecule has 0 amide bonds. The SMILES string of the molecule is COC(=O)c1ccc([C@H]2CNC[C@H](C)O2)c(C)c1. The number of hydrogen-bond donors (Lipinski definition) is 1. The Balaban J connectivity index is 2.21.